The maximum absolute atomic E-state index is 11.5. The van der Waals surface area contributed by atoms with E-state index >= 15 is 0 Å². The first-order valence-electron chi connectivity index (χ1n) is 5.05. The largest absolute Gasteiger partial charge is 0.353 e. The van der Waals surface area contributed by atoms with E-state index in [-0.39, 0.29) is 11.9 Å². The van der Waals surface area contributed by atoms with Gasteiger partial charge in [-0.3, -0.25) is 4.79 Å². The highest BCUT2D eigenvalue weighted by molar-refractivity contribution is 5.78. The summed E-state index contributed by atoms with van der Waals surface area (Å²) in [6.07, 6.45) is 1.45. The second kappa shape index (κ2) is 5.43. The molecule has 0 spiro atoms. The molecule has 0 fully saturated rings. The fourth-order valence-corrected chi connectivity index (χ4v) is 1.21. The molecule has 0 heterocycles. The molecule has 0 aliphatic carbocycles. The van der Waals surface area contributed by atoms with Crippen LogP contribution in [0.1, 0.15) is 25.8 Å². The van der Waals surface area contributed by atoms with Gasteiger partial charge in [-0.2, -0.15) is 0 Å². The van der Waals surface area contributed by atoms with Crippen molar-refractivity contribution in [1.82, 2.24) is 5.32 Å². The standard InChI is InChI=1S/C12H17NO/c1-3-10(2)13-12(14)9-11-7-5-4-6-8-11/h4-8,10H,3,9H2,1-2H3,(H,13,14)/t10-/m1/s1. The normalized spacial score (nSPS) is 12.1. The molecule has 0 aromatic heterocycles. The van der Waals surface area contributed by atoms with Gasteiger partial charge in [0.15, 0.2) is 0 Å². The van der Waals surface area contributed by atoms with E-state index < -0.39 is 0 Å². The number of rotatable bonds is 4. The van der Waals surface area contributed by atoms with Gasteiger partial charge in [0.25, 0.3) is 0 Å². The molecule has 0 aliphatic rings. The smallest absolute Gasteiger partial charge is 0.224 e. The van der Waals surface area contributed by atoms with Crippen LogP contribution in [0.4, 0.5) is 0 Å². The summed E-state index contributed by atoms with van der Waals surface area (Å²) in [6.45, 7) is 4.08. The molecule has 1 aromatic carbocycles. The van der Waals surface area contributed by atoms with Crippen LogP contribution >= 0.6 is 0 Å². The minimum absolute atomic E-state index is 0.102. The first kappa shape index (κ1) is 10.8. The van der Waals surface area contributed by atoms with Crippen LogP contribution in [0.15, 0.2) is 30.3 Å². The Balaban J connectivity index is 2.42. The third-order valence-corrected chi connectivity index (χ3v) is 2.23. The Morgan fingerprint density at radius 1 is 1.36 bits per heavy atom. The molecule has 1 rings (SSSR count). The Hall–Kier alpha value is -1.31. The number of benzene rings is 1. The zero-order valence-corrected chi connectivity index (χ0v) is 8.79. The zero-order chi connectivity index (χ0) is 10.4. The molecule has 0 unspecified atom stereocenters. The molecular formula is C12H17NO. The first-order valence-corrected chi connectivity index (χ1v) is 5.05. The number of carbonyl (C=O) groups is 1. The Kier molecular flexibility index (Phi) is 4.17. The predicted molar refractivity (Wildman–Crippen MR) is 58.0 cm³/mol. The Morgan fingerprint density at radius 2 is 2.00 bits per heavy atom. The van der Waals surface area contributed by atoms with Crippen LogP contribution in [0.5, 0.6) is 0 Å². The van der Waals surface area contributed by atoms with Crippen LogP contribution < -0.4 is 5.32 Å². The summed E-state index contributed by atoms with van der Waals surface area (Å²) in [5, 5.41) is 2.94. The number of hydrogen-bond donors (Lipinski definition) is 1. The fraction of sp³-hybridized carbons (Fsp3) is 0.417. The summed E-state index contributed by atoms with van der Waals surface area (Å²) in [7, 11) is 0. The van der Waals surface area contributed by atoms with Crippen molar-refractivity contribution in [3.8, 4) is 0 Å². The molecule has 0 saturated carbocycles. The summed E-state index contributed by atoms with van der Waals surface area (Å²) in [5.74, 6) is 0.102. The Morgan fingerprint density at radius 3 is 2.57 bits per heavy atom. The molecule has 0 saturated heterocycles. The van der Waals surface area contributed by atoms with Crippen LogP contribution in [0.25, 0.3) is 0 Å². The molecule has 2 nitrogen and oxygen atoms in total. The second-order valence-electron chi connectivity index (χ2n) is 3.54. The van der Waals surface area contributed by atoms with Crippen LogP contribution in [0.3, 0.4) is 0 Å². The third kappa shape index (κ3) is 3.60. The molecule has 1 atom stereocenters. The molecule has 14 heavy (non-hydrogen) atoms. The molecule has 0 bridgehead atoms. The number of carbonyl (C=O) groups excluding carboxylic acids is 1. The van der Waals surface area contributed by atoms with Crippen molar-refractivity contribution in [1.29, 1.82) is 0 Å². The average Bonchev–Trinajstić information content (AvgIpc) is 2.19. The van der Waals surface area contributed by atoms with Crippen molar-refractivity contribution in [3.63, 3.8) is 0 Å². The van der Waals surface area contributed by atoms with Gasteiger partial charge in [-0.05, 0) is 18.9 Å². The highest BCUT2D eigenvalue weighted by Crippen LogP contribution is 1.99. The van der Waals surface area contributed by atoms with Gasteiger partial charge >= 0.3 is 0 Å². The quantitative estimate of drug-likeness (QED) is 0.776. The summed E-state index contributed by atoms with van der Waals surface area (Å²) in [4.78, 5) is 11.5. The highest BCUT2D eigenvalue weighted by Gasteiger charge is 2.05. The lowest BCUT2D eigenvalue weighted by atomic mass is 10.1. The molecule has 2 heteroatoms. The topological polar surface area (TPSA) is 29.1 Å². The van der Waals surface area contributed by atoms with Crippen molar-refractivity contribution >= 4 is 5.91 Å². The van der Waals surface area contributed by atoms with Crippen molar-refractivity contribution in [2.45, 2.75) is 32.7 Å². The van der Waals surface area contributed by atoms with E-state index in [1.54, 1.807) is 0 Å². The molecule has 0 aliphatic heterocycles. The van der Waals surface area contributed by atoms with Crippen LogP contribution in [-0.4, -0.2) is 11.9 Å². The van der Waals surface area contributed by atoms with Gasteiger partial charge in [0.2, 0.25) is 5.91 Å². The fourth-order valence-electron chi connectivity index (χ4n) is 1.21. The molecular weight excluding hydrogens is 174 g/mol. The minimum Gasteiger partial charge on any atom is -0.353 e. The van der Waals surface area contributed by atoms with E-state index in [1.807, 2.05) is 37.3 Å². The SMILES string of the molecule is CC[C@@H](C)NC(=O)Cc1ccccc1. The number of nitrogens with one attached hydrogen (secondary N) is 1. The molecule has 76 valence electrons. The van der Waals surface area contributed by atoms with Crippen LogP contribution in [0.2, 0.25) is 0 Å². The maximum atomic E-state index is 11.5. The zero-order valence-electron chi connectivity index (χ0n) is 8.79. The van der Waals surface area contributed by atoms with E-state index in [0.29, 0.717) is 6.42 Å². The van der Waals surface area contributed by atoms with E-state index in [0.717, 1.165) is 12.0 Å². The lowest BCUT2D eigenvalue weighted by molar-refractivity contribution is -0.121. The molecule has 0 radical (unpaired) electrons. The van der Waals surface area contributed by atoms with Gasteiger partial charge in [-0.1, -0.05) is 37.3 Å². The molecule has 1 amide bonds. The van der Waals surface area contributed by atoms with Gasteiger partial charge < -0.3 is 5.32 Å². The molecule has 1 aromatic rings. The van der Waals surface area contributed by atoms with Gasteiger partial charge in [0, 0.05) is 6.04 Å². The van der Waals surface area contributed by atoms with E-state index in [1.165, 1.54) is 0 Å². The minimum atomic E-state index is 0.102. The summed E-state index contributed by atoms with van der Waals surface area (Å²) >= 11 is 0. The molecule has 1 N–H and O–H groups in total. The van der Waals surface area contributed by atoms with E-state index in [4.69, 9.17) is 0 Å². The Labute approximate surface area is 85.3 Å². The second-order valence-corrected chi connectivity index (χ2v) is 3.54. The number of hydrogen-bond acceptors (Lipinski definition) is 1. The van der Waals surface area contributed by atoms with Crippen LogP contribution in [-0.2, 0) is 11.2 Å². The van der Waals surface area contributed by atoms with Crippen molar-refractivity contribution < 1.29 is 4.79 Å². The lowest BCUT2D eigenvalue weighted by Gasteiger charge is -2.10. The van der Waals surface area contributed by atoms with Crippen LogP contribution in [0, 0.1) is 0 Å². The first-order chi connectivity index (χ1) is 6.72. The van der Waals surface area contributed by atoms with E-state index in [2.05, 4.69) is 12.2 Å². The summed E-state index contributed by atoms with van der Waals surface area (Å²) in [6, 6.07) is 10.1. The maximum Gasteiger partial charge on any atom is 0.224 e. The van der Waals surface area contributed by atoms with Crippen molar-refractivity contribution in [3.05, 3.63) is 35.9 Å². The average molecular weight is 191 g/mol. The van der Waals surface area contributed by atoms with Gasteiger partial charge in [-0.25, -0.2) is 0 Å². The predicted octanol–water partition coefficient (Wildman–Crippen LogP) is 2.14. The summed E-state index contributed by atoms with van der Waals surface area (Å²) < 4.78 is 0. The highest BCUT2D eigenvalue weighted by atomic mass is 16.1. The van der Waals surface area contributed by atoms with Crippen molar-refractivity contribution in [2.75, 3.05) is 0 Å². The van der Waals surface area contributed by atoms with E-state index in [9.17, 15) is 4.79 Å². The van der Waals surface area contributed by atoms with Crippen molar-refractivity contribution in [2.24, 2.45) is 0 Å². The monoisotopic (exact) mass is 191 g/mol. The number of amides is 1. The van der Waals surface area contributed by atoms with Gasteiger partial charge in [0.05, 0.1) is 6.42 Å². The van der Waals surface area contributed by atoms with Gasteiger partial charge in [-0.15, -0.1) is 0 Å². The lowest BCUT2D eigenvalue weighted by Crippen LogP contribution is -2.33. The Bertz CT molecular complexity index is 282. The van der Waals surface area contributed by atoms with Gasteiger partial charge in [0.1, 0.15) is 0 Å². The third-order valence-electron chi connectivity index (χ3n) is 2.23. The summed E-state index contributed by atoms with van der Waals surface area (Å²) in [5.41, 5.74) is 1.06.